The quantitative estimate of drug-likeness (QED) is 0.740. The first-order valence-electron chi connectivity index (χ1n) is 5.86. The third-order valence-corrected chi connectivity index (χ3v) is 3.76. The molecule has 0 atom stereocenters. The maximum absolute atomic E-state index is 5.26. The van der Waals surface area contributed by atoms with Crippen LogP contribution in [0.15, 0.2) is 0 Å². The van der Waals surface area contributed by atoms with Crippen LogP contribution in [-0.4, -0.2) is 20.7 Å². The molecule has 96 valence electrons. The molecule has 0 unspecified atom stereocenters. The van der Waals surface area contributed by atoms with Crippen molar-refractivity contribution in [3.63, 3.8) is 0 Å². The molecule has 1 aromatic rings. The second kappa shape index (κ2) is 5.44. The van der Waals surface area contributed by atoms with Gasteiger partial charge in [0.15, 0.2) is 5.75 Å². The lowest BCUT2D eigenvalue weighted by Gasteiger charge is -2.26. The molecule has 0 heterocycles. The van der Waals surface area contributed by atoms with Crippen molar-refractivity contribution in [2.45, 2.75) is 33.6 Å². The van der Waals surface area contributed by atoms with Crippen LogP contribution >= 0.6 is 24.4 Å². The van der Waals surface area contributed by atoms with Crippen LogP contribution < -0.4 is 9.64 Å². The highest BCUT2D eigenvalue weighted by atomic mass is 32.1. The Morgan fingerprint density at radius 3 is 2.24 bits per heavy atom. The van der Waals surface area contributed by atoms with E-state index in [-0.39, 0.29) is 0 Å². The molecule has 0 amide bonds. The molecule has 4 heteroatoms. The highest BCUT2D eigenvalue weighted by molar-refractivity contribution is 7.74. The lowest BCUT2D eigenvalue weighted by atomic mass is 9.90. The molecule has 2 nitrogen and oxygen atoms in total. The number of hydrogen-bond donors (Lipinski definition) is 0. The summed E-state index contributed by atoms with van der Waals surface area (Å²) in [6, 6.07) is 0. The number of hydrogen-bond acceptors (Lipinski definition) is 4. The average Bonchev–Trinajstić information content (AvgIpc) is 2.22. The summed E-state index contributed by atoms with van der Waals surface area (Å²) in [5.41, 5.74) is 1.38. The molecular formula is C13H21NOS2. The molecule has 0 radical (unpaired) electrons. The van der Waals surface area contributed by atoms with Crippen molar-refractivity contribution in [1.82, 2.24) is 0 Å². The van der Waals surface area contributed by atoms with Crippen molar-refractivity contribution in [1.29, 1.82) is 0 Å². The summed E-state index contributed by atoms with van der Waals surface area (Å²) < 4.78 is 6.73. The Bertz CT molecular complexity index is 452. The van der Waals surface area contributed by atoms with Crippen LogP contribution in [0.25, 0.3) is 0 Å². The predicted octanol–water partition coefficient (Wildman–Crippen LogP) is 4.29. The fourth-order valence-electron chi connectivity index (χ4n) is 1.85. The van der Waals surface area contributed by atoms with Gasteiger partial charge in [-0.25, -0.2) is 0 Å². The molecule has 0 bridgehead atoms. The van der Waals surface area contributed by atoms with Crippen molar-refractivity contribution < 1.29 is 4.74 Å². The zero-order valence-electron chi connectivity index (χ0n) is 11.3. The van der Waals surface area contributed by atoms with Gasteiger partial charge < -0.3 is 9.64 Å². The molecule has 0 N–H and O–H groups in total. The van der Waals surface area contributed by atoms with E-state index < -0.39 is 0 Å². The van der Waals surface area contributed by atoms with Gasteiger partial charge in [0.2, 0.25) is 0 Å². The smallest absolute Gasteiger partial charge is 0.163 e. The van der Waals surface area contributed by atoms with Crippen LogP contribution in [-0.2, 0) is 0 Å². The largest absolute Gasteiger partial charge is 0.493 e. The van der Waals surface area contributed by atoms with Crippen molar-refractivity contribution in [3.05, 3.63) is 9.02 Å². The van der Waals surface area contributed by atoms with E-state index >= 15 is 0 Å². The van der Waals surface area contributed by atoms with Gasteiger partial charge in [-0.3, -0.25) is 0 Å². The topological polar surface area (TPSA) is 12.5 Å². The first-order valence-corrected chi connectivity index (χ1v) is 6.68. The van der Waals surface area contributed by atoms with Crippen molar-refractivity contribution >= 4 is 30.1 Å². The van der Waals surface area contributed by atoms with E-state index in [2.05, 4.69) is 25.7 Å². The van der Waals surface area contributed by atoms with E-state index in [0.717, 1.165) is 28.9 Å². The number of anilines is 1. The van der Waals surface area contributed by atoms with E-state index in [1.54, 1.807) is 7.11 Å². The fraction of sp³-hybridized carbons (Fsp3) is 0.692. The van der Waals surface area contributed by atoms with Gasteiger partial charge in [-0.1, -0.05) is 45.2 Å². The first kappa shape index (κ1) is 14.6. The molecular weight excluding hydrogens is 250 g/mol. The summed E-state index contributed by atoms with van der Waals surface area (Å²) in [6.45, 7) is 7.77. The van der Waals surface area contributed by atoms with Crippen molar-refractivity contribution in [2.75, 3.05) is 25.6 Å². The molecule has 0 saturated carbocycles. The van der Waals surface area contributed by atoms with Gasteiger partial charge >= 0.3 is 0 Å². The molecule has 0 fully saturated rings. The average molecular weight is 271 g/mol. The summed E-state index contributed by atoms with van der Waals surface area (Å²) in [6.07, 6.45) is 2.35. The second-order valence-corrected chi connectivity index (χ2v) is 6.44. The maximum atomic E-state index is 5.26. The van der Waals surface area contributed by atoms with Gasteiger partial charge in [0.25, 0.3) is 0 Å². The summed E-state index contributed by atoms with van der Waals surface area (Å²) in [7, 11) is 3.69. The van der Waals surface area contributed by atoms with E-state index in [0.29, 0.717) is 9.93 Å². The Hall–Kier alpha value is -0.480. The van der Waals surface area contributed by atoms with Gasteiger partial charge in [0.05, 0.1) is 11.6 Å². The lowest BCUT2D eigenvalue weighted by Crippen LogP contribution is -2.22. The van der Waals surface area contributed by atoms with Gasteiger partial charge in [0, 0.05) is 13.6 Å². The lowest BCUT2D eigenvalue weighted by molar-refractivity contribution is 0.366. The molecule has 0 aliphatic carbocycles. The van der Waals surface area contributed by atoms with Crippen LogP contribution in [0.5, 0.6) is 5.75 Å². The Kier molecular flexibility index (Phi) is 4.67. The monoisotopic (exact) mass is 271 g/mol. The van der Waals surface area contributed by atoms with E-state index in [1.807, 2.05) is 7.05 Å². The van der Waals surface area contributed by atoms with Crippen LogP contribution in [0.4, 0.5) is 5.69 Å². The van der Waals surface area contributed by atoms with Gasteiger partial charge in [-0.15, -0.1) is 0 Å². The zero-order valence-corrected chi connectivity index (χ0v) is 12.9. The van der Waals surface area contributed by atoms with Crippen LogP contribution in [0.3, 0.4) is 0 Å². The molecule has 0 aromatic heterocycles. The third kappa shape index (κ3) is 3.49. The summed E-state index contributed by atoms with van der Waals surface area (Å²) in [4.78, 5) is 2.16. The molecule has 0 aliphatic heterocycles. The highest BCUT2D eigenvalue weighted by Crippen LogP contribution is 2.37. The number of nitrogens with zero attached hydrogens (tertiary/aromatic N) is 1. The minimum absolute atomic E-state index is 0.384. The summed E-state index contributed by atoms with van der Waals surface area (Å²) in [5.74, 6) is 0.781. The summed E-state index contributed by atoms with van der Waals surface area (Å²) >= 11 is 10.4. The minimum Gasteiger partial charge on any atom is -0.493 e. The Morgan fingerprint density at radius 2 is 1.76 bits per heavy atom. The van der Waals surface area contributed by atoms with Gasteiger partial charge in [-0.05, 0) is 18.3 Å². The van der Waals surface area contributed by atoms with Crippen molar-refractivity contribution in [2.24, 2.45) is 5.41 Å². The standard InChI is InChI=1S/C13H21NOS2/c1-13(2,3)7-6-8-14(4)9-10(15-5)12(17)11(9)16/h6-8H2,1-5H3. The number of methoxy groups -OCH3 is 1. The first-order chi connectivity index (χ1) is 7.78. The molecule has 0 saturated heterocycles. The Labute approximate surface area is 114 Å². The molecule has 0 aliphatic rings. The van der Waals surface area contributed by atoms with Crippen molar-refractivity contribution in [3.8, 4) is 5.75 Å². The van der Waals surface area contributed by atoms with E-state index in [9.17, 15) is 0 Å². The van der Waals surface area contributed by atoms with Crippen LogP contribution in [0.2, 0.25) is 0 Å². The van der Waals surface area contributed by atoms with Gasteiger partial charge in [-0.2, -0.15) is 0 Å². The van der Waals surface area contributed by atoms with Crippen LogP contribution in [0, 0.1) is 14.4 Å². The predicted molar refractivity (Wildman–Crippen MR) is 79.0 cm³/mol. The van der Waals surface area contributed by atoms with E-state index in [4.69, 9.17) is 29.2 Å². The SMILES string of the molecule is COc1c(N(C)CCCC(C)(C)C)c(=S)c1=S. The van der Waals surface area contributed by atoms with Gasteiger partial charge in [0.1, 0.15) is 10.2 Å². The maximum Gasteiger partial charge on any atom is 0.163 e. The van der Waals surface area contributed by atoms with E-state index in [1.165, 1.54) is 6.42 Å². The highest BCUT2D eigenvalue weighted by Gasteiger charge is 2.19. The zero-order chi connectivity index (χ0) is 13.2. The summed E-state index contributed by atoms with van der Waals surface area (Å²) in [5, 5.41) is 0. The third-order valence-electron chi connectivity index (χ3n) is 2.85. The second-order valence-electron chi connectivity index (χ2n) is 5.63. The minimum atomic E-state index is 0.384. The normalized spacial score (nSPS) is 11.8. The number of rotatable bonds is 5. The number of ether oxygens (including phenoxy) is 1. The van der Waals surface area contributed by atoms with Crippen LogP contribution in [0.1, 0.15) is 33.6 Å². The fourth-order valence-corrected chi connectivity index (χ4v) is 2.47. The Balaban J connectivity index is 2.60. The molecule has 1 aromatic carbocycles. The molecule has 17 heavy (non-hydrogen) atoms. The Morgan fingerprint density at radius 1 is 1.18 bits per heavy atom. The molecule has 0 spiro atoms. The molecule has 1 rings (SSSR count).